The molecule has 24 heavy (non-hydrogen) atoms. The molecule has 2 aromatic rings. The van der Waals surface area contributed by atoms with Crippen molar-refractivity contribution in [2.75, 3.05) is 19.6 Å². The molecule has 1 fully saturated rings. The van der Waals surface area contributed by atoms with Gasteiger partial charge >= 0.3 is 0 Å². The molecule has 4 heteroatoms. The normalized spacial score (nSPS) is 17.0. The lowest BCUT2D eigenvalue weighted by atomic mass is 9.99. The average Bonchev–Trinajstić information content (AvgIpc) is 2.90. The van der Waals surface area contributed by atoms with Crippen molar-refractivity contribution in [1.82, 2.24) is 15.2 Å². The first kappa shape index (κ1) is 16.7. The second-order valence-corrected chi connectivity index (χ2v) is 6.38. The predicted molar refractivity (Wildman–Crippen MR) is 95.6 cm³/mol. The summed E-state index contributed by atoms with van der Waals surface area (Å²) in [5.74, 6) is 0.0857. The number of carbonyl (C=O) groups excluding carboxylic acids is 1. The maximum atomic E-state index is 12.6. The molecule has 0 spiro atoms. The summed E-state index contributed by atoms with van der Waals surface area (Å²) in [6, 6.07) is 13.9. The number of nitrogens with one attached hydrogen (secondary N) is 1. The van der Waals surface area contributed by atoms with Crippen molar-refractivity contribution in [3.8, 4) is 0 Å². The second kappa shape index (κ2) is 8.60. The molecule has 1 aromatic heterocycles. The molecule has 3 rings (SSSR count). The molecule has 1 aliphatic rings. The van der Waals surface area contributed by atoms with Gasteiger partial charge in [0.05, 0.1) is 12.6 Å². The smallest absolute Gasteiger partial charge is 0.234 e. The summed E-state index contributed by atoms with van der Waals surface area (Å²) in [5.41, 5.74) is 2.15. The number of hydrogen-bond acceptors (Lipinski definition) is 3. The quantitative estimate of drug-likeness (QED) is 0.919. The van der Waals surface area contributed by atoms with Crippen molar-refractivity contribution < 1.29 is 4.79 Å². The predicted octanol–water partition coefficient (Wildman–Crippen LogP) is 3.16. The van der Waals surface area contributed by atoms with Crippen LogP contribution in [0.25, 0.3) is 0 Å². The Morgan fingerprint density at radius 3 is 2.25 bits per heavy atom. The minimum atomic E-state index is -0.131. The van der Waals surface area contributed by atoms with Gasteiger partial charge in [0.25, 0.3) is 0 Å². The first-order valence-electron chi connectivity index (χ1n) is 8.79. The van der Waals surface area contributed by atoms with Gasteiger partial charge in [0.15, 0.2) is 0 Å². The van der Waals surface area contributed by atoms with Crippen molar-refractivity contribution in [2.45, 2.75) is 31.7 Å². The molecule has 1 atom stereocenters. The number of likely N-dealkylation sites (tertiary alicyclic amines) is 1. The van der Waals surface area contributed by atoms with E-state index in [1.807, 2.05) is 30.3 Å². The zero-order valence-electron chi connectivity index (χ0n) is 14.0. The first-order chi connectivity index (χ1) is 11.8. The van der Waals surface area contributed by atoms with E-state index in [1.54, 1.807) is 12.4 Å². The molecule has 0 bridgehead atoms. The van der Waals surface area contributed by atoms with Crippen LogP contribution in [0.1, 0.15) is 42.9 Å². The fourth-order valence-corrected chi connectivity index (χ4v) is 3.26. The van der Waals surface area contributed by atoms with Crippen molar-refractivity contribution in [3.63, 3.8) is 0 Å². The highest BCUT2D eigenvalue weighted by atomic mass is 16.2. The summed E-state index contributed by atoms with van der Waals surface area (Å²) in [5, 5.41) is 3.21. The molecule has 1 N–H and O–H groups in total. The van der Waals surface area contributed by atoms with Gasteiger partial charge in [-0.25, -0.2) is 0 Å². The minimum Gasteiger partial charge on any atom is -0.344 e. The van der Waals surface area contributed by atoms with Crippen LogP contribution in [0.3, 0.4) is 0 Å². The summed E-state index contributed by atoms with van der Waals surface area (Å²) < 4.78 is 0. The van der Waals surface area contributed by atoms with Gasteiger partial charge in [0.2, 0.25) is 5.91 Å². The summed E-state index contributed by atoms with van der Waals surface area (Å²) in [6.07, 6.45) is 8.49. The molecule has 1 aromatic carbocycles. The Morgan fingerprint density at radius 1 is 0.958 bits per heavy atom. The molecule has 0 aliphatic carbocycles. The van der Waals surface area contributed by atoms with Crippen LogP contribution in [0, 0.1) is 0 Å². The Kier molecular flexibility index (Phi) is 5.96. The maximum Gasteiger partial charge on any atom is 0.234 e. The third-order valence-corrected chi connectivity index (χ3v) is 4.54. The Labute approximate surface area is 143 Å². The molecule has 126 valence electrons. The van der Waals surface area contributed by atoms with Gasteiger partial charge in [-0.05, 0) is 49.2 Å². The number of rotatable bonds is 5. The van der Waals surface area contributed by atoms with Crippen molar-refractivity contribution in [3.05, 3.63) is 66.0 Å². The number of hydrogen-bond donors (Lipinski definition) is 1. The largest absolute Gasteiger partial charge is 0.344 e. The Morgan fingerprint density at radius 2 is 1.58 bits per heavy atom. The monoisotopic (exact) mass is 323 g/mol. The molecule has 2 heterocycles. The number of nitrogens with zero attached hydrogens (tertiary/aromatic N) is 2. The van der Waals surface area contributed by atoms with E-state index in [1.165, 1.54) is 25.7 Å². The molecule has 1 amide bonds. The van der Waals surface area contributed by atoms with E-state index in [2.05, 4.69) is 27.3 Å². The molecule has 4 nitrogen and oxygen atoms in total. The number of benzene rings is 1. The average molecular weight is 323 g/mol. The van der Waals surface area contributed by atoms with Gasteiger partial charge in [0.1, 0.15) is 0 Å². The lowest BCUT2D eigenvalue weighted by molar-refractivity contribution is -0.122. The maximum absolute atomic E-state index is 12.6. The van der Waals surface area contributed by atoms with E-state index in [0.717, 1.165) is 24.2 Å². The Bertz CT molecular complexity index is 582. The third-order valence-electron chi connectivity index (χ3n) is 4.54. The molecule has 1 aliphatic heterocycles. The highest BCUT2D eigenvalue weighted by molar-refractivity contribution is 5.79. The Hall–Kier alpha value is -2.20. The van der Waals surface area contributed by atoms with E-state index < -0.39 is 0 Å². The Balaban J connectivity index is 1.71. The summed E-state index contributed by atoms with van der Waals surface area (Å²) in [7, 11) is 0. The fraction of sp³-hybridized carbons (Fsp3) is 0.400. The minimum absolute atomic E-state index is 0.0857. The number of aromatic nitrogens is 1. The summed E-state index contributed by atoms with van der Waals surface area (Å²) in [4.78, 5) is 19.0. The van der Waals surface area contributed by atoms with E-state index in [-0.39, 0.29) is 11.9 Å². The molecule has 1 unspecified atom stereocenters. The van der Waals surface area contributed by atoms with E-state index in [9.17, 15) is 4.79 Å². The van der Waals surface area contributed by atoms with Gasteiger partial charge in [-0.1, -0.05) is 43.2 Å². The van der Waals surface area contributed by atoms with E-state index in [0.29, 0.717) is 6.54 Å². The first-order valence-corrected chi connectivity index (χ1v) is 8.79. The van der Waals surface area contributed by atoms with Crippen LogP contribution in [0.5, 0.6) is 0 Å². The third kappa shape index (κ3) is 4.65. The van der Waals surface area contributed by atoms with Gasteiger partial charge in [-0.3, -0.25) is 14.7 Å². The van der Waals surface area contributed by atoms with Crippen LogP contribution in [0.15, 0.2) is 54.9 Å². The van der Waals surface area contributed by atoms with Crippen LogP contribution in [0.4, 0.5) is 0 Å². The van der Waals surface area contributed by atoms with Crippen LogP contribution in [-0.4, -0.2) is 35.4 Å². The summed E-state index contributed by atoms with van der Waals surface area (Å²) in [6.45, 7) is 2.53. The topological polar surface area (TPSA) is 45.2 Å². The lowest BCUT2D eigenvalue weighted by Gasteiger charge is -2.23. The van der Waals surface area contributed by atoms with Gasteiger partial charge < -0.3 is 5.32 Å². The molecular weight excluding hydrogens is 298 g/mol. The van der Waals surface area contributed by atoms with Gasteiger partial charge in [-0.2, -0.15) is 0 Å². The molecule has 0 radical (unpaired) electrons. The summed E-state index contributed by atoms with van der Waals surface area (Å²) >= 11 is 0. The highest BCUT2D eigenvalue weighted by Gasteiger charge is 2.19. The van der Waals surface area contributed by atoms with Crippen molar-refractivity contribution in [2.24, 2.45) is 0 Å². The zero-order valence-corrected chi connectivity index (χ0v) is 14.0. The van der Waals surface area contributed by atoms with Crippen LogP contribution < -0.4 is 5.32 Å². The number of amides is 1. The van der Waals surface area contributed by atoms with Crippen LogP contribution in [-0.2, 0) is 4.79 Å². The second-order valence-electron chi connectivity index (χ2n) is 6.38. The molecule has 1 saturated heterocycles. The van der Waals surface area contributed by atoms with E-state index >= 15 is 0 Å². The number of pyridine rings is 1. The molecular formula is C20H25N3O. The van der Waals surface area contributed by atoms with Gasteiger partial charge in [-0.15, -0.1) is 0 Å². The van der Waals surface area contributed by atoms with Gasteiger partial charge in [0, 0.05) is 12.4 Å². The van der Waals surface area contributed by atoms with E-state index in [4.69, 9.17) is 0 Å². The standard InChI is InChI=1S/C20H25N3O/c24-19(16-23-14-6-1-2-7-15-23)22-20(17-8-4-3-5-9-17)18-10-12-21-13-11-18/h3-5,8-13,20H,1-2,6-7,14-16H2,(H,22,24). The van der Waals surface area contributed by atoms with Crippen LogP contribution in [0.2, 0.25) is 0 Å². The SMILES string of the molecule is O=C(CN1CCCCCC1)NC(c1ccccc1)c1ccncc1. The highest BCUT2D eigenvalue weighted by Crippen LogP contribution is 2.21. The van der Waals surface area contributed by atoms with Crippen molar-refractivity contribution in [1.29, 1.82) is 0 Å². The fourth-order valence-electron chi connectivity index (χ4n) is 3.26. The number of carbonyl (C=O) groups is 1. The molecule has 0 saturated carbocycles. The van der Waals surface area contributed by atoms with Crippen LogP contribution >= 0.6 is 0 Å². The zero-order chi connectivity index (χ0) is 16.6. The lowest BCUT2D eigenvalue weighted by Crippen LogP contribution is -2.39. The van der Waals surface area contributed by atoms with Crippen molar-refractivity contribution >= 4 is 5.91 Å².